The molecule has 21 heavy (non-hydrogen) atoms. The number of para-hydroxylation sites is 1. The second-order valence-corrected chi connectivity index (χ2v) is 5.51. The van der Waals surface area contributed by atoms with Gasteiger partial charge in [-0.3, -0.25) is 0 Å². The van der Waals surface area contributed by atoms with Gasteiger partial charge in [-0.1, -0.05) is 45.2 Å². The van der Waals surface area contributed by atoms with E-state index in [1.807, 2.05) is 0 Å². The number of aromatic carboxylic acids is 1. The van der Waals surface area contributed by atoms with E-state index in [0.717, 1.165) is 13.0 Å². The van der Waals surface area contributed by atoms with E-state index in [-0.39, 0.29) is 5.56 Å². The fourth-order valence-electron chi connectivity index (χ4n) is 2.13. The van der Waals surface area contributed by atoms with Gasteiger partial charge in [0.15, 0.2) is 5.11 Å². The quantitative estimate of drug-likeness (QED) is 0.636. The van der Waals surface area contributed by atoms with Crippen LogP contribution in [0.1, 0.15) is 49.9 Å². The number of hydrogen-bond acceptors (Lipinski definition) is 2. The number of hydrogen-bond donors (Lipinski definition) is 3. The minimum atomic E-state index is -0.963. The van der Waals surface area contributed by atoms with E-state index >= 15 is 0 Å². The number of carboxylic acid groups (broad SMARTS) is 1. The maximum Gasteiger partial charge on any atom is 0.337 e. The Morgan fingerprint density at radius 1 is 1.33 bits per heavy atom. The Bertz CT molecular complexity index is 477. The summed E-state index contributed by atoms with van der Waals surface area (Å²) in [5.41, 5.74) is 0.740. The third kappa shape index (κ3) is 6.12. The molecule has 0 aliphatic rings. The van der Waals surface area contributed by atoms with Crippen LogP contribution in [0.5, 0.6) is 0 Å². The zero-order valence-corrected chi connectivity index (χ0v) is 13.5. The highest BCUT2D eigenvalue weighted by Gasteiger charge is 2.11. The van der Waals surface area contributed by atoms with Crippen molar-refractivity contribution in [2.24, 2.45) is 5.92 Å². The molecule has 4 nitrogen and oxygen atoms in total. The molecule has 0 amide bonds. The molecule has 1 unspecified atom stereocenters. The molecule has 0 aliphatic heterocycles. The molecule has 0 spiro atoms. The summed E-state index contributed by atoms with van der Waals surface area (Å²) >= 11 is 5.25. The lowest BCUT2D eigenvalue weighted by Crippen LogP contribution is -2.33. The van der Waals surface area contributed by atoms with Crippen LogP contribution < -0.4 is 10.6 Å². The van der Waals surface area contributed by atoms with Crippen LogP contribution in [-0.4, -0.2) is 22.7 Å². The molecule has 0 fully saturated rings. The highest BCUT2D eigenvalue weighted by Crippen LogP contribution is 2.15. The molecule has 1 rings (SSSR count). The Labute approximate surface area is 131 Å². The first-order valence-corrected chi connectivity index (χ1v) is 7.86. The Hall–Kier alpha value is -1.62. The average Bonchev–Trinajstić information content (AvgIpc) is 2.47. The second kappa shape index (κ2) is 9.34. The summed E-state index contributed by atoms with van der Waals surface area (Å²) in [7, 11) is 0. The number of carboxylic acids is 1. The Morgan fingerprint density at radius 3 is 2.67 bits per heavy atom. The maximum atomic E-state index is 11.1. The monoisotopic (exact) mass is 308 g/mol. The van der Waals surface area contributed by atoms with Crippen LogP contribution in [0.4, 0.5) is 5.69 Å². The third-order valence-electron chi connectivity index (χ3n) is 3.50. The minimum Gasteiger partial charge on any atom is -0.478 e. The van der Waals surface area contributed by atoms with Gasteiger partial charge in [-0.2, -0.15) is 0 Å². The molecule has 0 aliphatic carbocycles. The second-order valence-electron chi connectivity index (χ2n) is 5.10. The van der Waals surface area contributed by atoms with Gasteiger partial charge in [0.1, 0.15) is 0 Å². The van der Waals surface area contributed by atoms with Crippen LogP contribution in [0.25, 0.3) is 0 Å². The number of carbonyl (C=O) groups is 1. The van der Waals surface area contributed by atoms with Crippen LogP contribution in [-0.2, 0) is 0 Å². The molecule has 5 heteroatoms. The maximum absolute atomic E-state index is 11.1. The summed E-state index contributed by atoms with van der Waals surface area (Å²) in [6.45, 7) is 5.19. The Balaban J connectivity index is 2.52. The lowest BCUT2D eigenvalue weighted by molar-refractivity contribution is 0.0698. The van der Waals surface area contributed by atoms with Gasteiger partial charge < -0.3 is 15.7 Å². The van der Waals surface area contributed by atoms with Crippen LogP contribution in [0.2, 0.25) is 0 Å². The summed E-state index contributed by atoms with van der Waals surface area (Å²) < 4.78 is 0. The zero-order valence-electron chi connectivity index (χ0n) is 12.7. The highest BCUT2D eigenvalue weighted by atomic mass is 32.1. The number of nitrogens with one attached hydrogen (secondary N) is 2. The van der Waals surface area contributed by atoms with Crippen molar-refractivity contribution in [3.63, 3.8) is 0 Å². The normalized spacial score (nSPS) is 11.7. The van der Waals surface area contributed by atoms with Crippen LogP contribution in [0.15, 0.2) is 24.3 Å². The molecule has 0 radical (unpaired) electrons. The first kappa shape index (κ1) is 17.4. The number of unbranched alkanes of at least 4 members (excludes halogenated alkanes) is 1. The number of thiocarbonyl (C=S) groups is 1. The summed E-state index contributed by atoms with van der Waals surface area (Å²) in [6.07, 6.45) is 4.73. The fraction of sp³-hybridized carbons (Fsp3) is 0.500. The van der Waals surface area contributed by atoms with Gasteiger partial charge in [-0.05, 0) is 36.7 Å². The largest absolute Gasteiger partial charge is 0.478 e. The summed E-state index contributed by atoms with van der Waals surface area (Å²) in [6, 6.07) is 6.76. The first-order chi connectivity index (χ1) is 10.1. The molecule has 1 atom stereocenters. The molecule has 3 N–H and O–H groups in total. The van der Waals surface area contributed by atoms with Crippen molar-refractivity contribution in [1.82, 2.24) is 5.32 Å². The molecular formula is C16H24N2O2S. The first-order valence-electron chi connectivity index (χ1n) is 7.45. The van der Waals surface area contributed by atoms with Crippen molar-refractivity contribution in [2.75, 3.05) is 11.9 Å². The number of anilines is 1. The molecule has 0 aromatic heterocycles. The molecular weight excluding hydrogens is 284 g/mol. The van der Waals surface area contributed by atoms with E-state index in [1.165, 1.54) is 19.3 Å². The Morgan fingerprint density at radius 2 is 2.05 bits per heavy atom. The molecule has 0 saturated heterocycles. The minimum absolute atomic E-state index is 0.222. The van der Waals surface area contributed by atoms with E-state index in [2.05, 4.69) is 24.5 Å². The van der Waals surface area contributed by atoms with Crippen LogP contribution >= 0.6 is 12.2 Å². The summed E-state index contributed by atoms with van der Waals surface area (Å²) in [5.74, 6) is -0.366. The smallest absolute Gasteiger partial charge is 0.337 e. The van der Waals surface area contributed by atoms with E-state index in [1.54, 1.807) is 24.3 Å². The number of benzene rings is 1. The lowest BCUT2D eigenvalue weighted by Gasteiger charge is -2.17. The van der Waals surface area contributed by atoms with Gasteiger partial charge in [0, 0.05) is 6.54 Å². The van der Waals surface area contributed by atoms with E-state index < -0.39 is 5.97 Å². The Kier molecular flexibility index (Phi) is 7.75. The zero-order chi connectivity index (χ0) is 15.7. The van der Waals surface area contributed by atoms with Gasteiger partial charge in [-0.25, -0.2) is 4.79 Å². The average molecular weight is 308 g/mol. The van der Waals surface area contributed by atoms with E-state index in [4.69, 9.17) is 17.3 Å². The van der Waals surface area contributed by atoms with Crippen LogP contribution in [0.3, 0.4) is 0 Å². The van der Waals surface area contributed by atoms with Gasteiger partial charge in [0.25, 0.3) is 0 Å². The molecule has 0 heterocycles. The summed E-state index contributed by atoms with van der Waals surface area (Å²) in [5, 5.41) is 15.8. The van der Waals surface area contributed by atoms with Gasteiger partial charge in [-0.15, -0.1) is 0 Å². The lowest BCUT2D eigenvalue weighted by atomic mass is 9.99. The molecule has 116 valence electrons. The van der Waals surface area contributed by atoms with Crippen molar-refractivity contribution in [3.8, 4) is 0 Å². The highest BCUT2D eigenvalue weighted by molar-refractivity contribution is 7.80. The van der Waals surface area contributed by atoms with Crippen molar-refractivity contribution in [2.45, 2.75) is 39.5 Å². The van der Waals surface area contributed by atoms with Gasteiger partial charge >= 0.3 is 5.97 Å². The van der Waals surface area contributed by atoms with Gasteiger partial charge in [0.05, 0.1) is 11.3 Å². The molecule has 1 aromatic rings. The van der Waals surface area contributed by atoms with Crippen molar-refractivity contribution >= 4 is 29.0 Å². The van der Waals surface area contributed by atoms with E-state index in [9.17, 15) is 4.79 Å². The van der Waals surface area contributed by atoms with Gasteiger partial charge in [0.2, 0.25) is 0 Å². The van der Waals surface area contributed by atoms with Crippen molar-refractivity contribution in [3.05, 3.63) is 29.8 Å². The van der Waals surface area contributed by atoms with Crippen molar-refractivity contribution < 1.29 is 9.90 Å². The molecule has 1 aromatic carbocycles. The third-order valence-corrected chi connectivity index (χ3v) is 3.75. The van der Waals surface area contributed by atoms with Crippen LogP contribution in [0, 0.1) is 5.92 Å². The predicted octanol–water partition coefficient (Wildman–Crippen LogP) is 3.89. The predicted molar refractivity (Wildman–Crippen MR) is 90.9 cm³/mol. The molecule has 0 bridgehead atoms. The van der Waals surface area contributed by atoms with Crippen molar-refractivity contribution in [1.29, 1.82) is 0 Å². The standard InChI is InChI=1S/C16H24N2O2S/c1-3-5-8-12(4-2)11-17-16(21)18-14-10-7-6-9-13(14)15(19)20/h6-7,9-10,12H,3-5,8,11H2,1-2H3,(H,19,20)(H2,17,18,21). The summed E-state index contributed by atoms with van der Waals surface area (Å²) in [4.78, 5) is 11.1. The fourth-order valence-corrected chi connectivity index (χ4v) is 2.32. The SMILES string of the molecule is CCCCC(CC)CNC(=S)Nc1ccccc1C(=O)O. The van der Waals surface area contributed by atoms with E-state index in [0.29, 0.717) is 16.7 Å². The topological polar surface area (TPSA) is 61.4 Å². The number of rotatable bonds is 8. The molecule has 0 saturated carbocycles.